The van der Waals surface area contributed by atoms with E-state index in [1.165, 1.54) is 21.8 Å². The molecular formula is C30H28N2O4S. The Kier molecular flexibility index (Phi) is 6.80. The maximum Gasteiger partial charge on any atom is 0.301 e. The lowest BCUT2D eigenvalue weighted by Crippen LogP contribution is -2.29. The normalized spacial score (nSPS) is 17.1. The fourth-order valence-corrected chi connectivity index (χ4v) is 5.51. The second-order valence-electron chi connectivity index (χ2n) is 9.10. The van der Waals surface area contributed by atoms with Crippen LogP contribution < -0.4 is 9.64 Å². The quantitative estimate of drug-likeness (QED) is 0.172. The molecule has 1 aliphatic heterocycles. The van der Waals surface area contributed by atoms with E-state index in [-0.39, 0.29) is 11.3 Å². The Labute approximate surface area is 219 Å². The van der Waals surface area contributed by atoms with Crippen LogP contribution in [0.25, 0.3) is 16.0 Å². The molecule has 7 heteroatoms. The number of benzene rings is 3. The summed E-state index contributed by atoms with van der Waals surface area (Å²) in [7, 11) is 0. The molecule has 2 heterocycles. The van der Waals surface area contributed by atoms with E-state index < -0.39 is 17.7 Å². The highest BCUT2D eigenvalue weighted by molar-refractivity contribution is 7.22. The van der Waals surface area contributed by atoms with E-state index in [1.807, 2.05) is 62.4 Å². The number of nitrogens with zero attached hydrogens (tertiary/aromatic N) is 2. The van der Waals surface area contributed by atoms with Crippen LogP contribution in [0.2, 0.25) is 0 Å². The lowest BCUT2D eigenvalue weighted by molar-refractivity contribution is -0.132. The molecule has 1 aromatic heterocycles. The van der Waals surface area contributed by atoms with E-state index in [9.17, 15) is 14.7 Å². The van der Waals surface area contributed by atoms with Crippen LogP contribution in [0, 0.1) is 6.92 Å². The van der Waals surface area contributed by atoms with Gasteiger partial charge in [0.2, 0.25) is 0 Å². The number of fused-ring (bicyclic) bond motifs is 1. The van der Waals surface area contributed by atoms with Gasteiger partial charge in [-0.1, -0.05) is 73.2 Å². The molecule has 0 unspecified atom stereocenters. The van der Waals surface area contributed by atoms with Gasteiger partial charge in [0.25, 0.3) is 5.78 Å². The van der Waals surface area contributed by atoms with Gasteiger partial charge in [0.05, 0.1) is 28.4 Å². The van der Waals surface area contributed by atoms with Crippen molar-refractivity contribution in [2.75, 3.05) is 11.5 Å². The summed E-state index contributed by atoms with van der Waals surface area (Å²) < 4.78 is 6.67. The van der Waals surface area contributed by atoms with Crippen molar-refractivity contribution in [2.24, 2.45) is 0 Å². The molecule has 1 amide bonds. The Morgan fingerprint density at radius 3 is 2.43 bits per heavy atom. The highest BCUT2D eigenvalue weighted by Crippen LogP contribution is 2.44. The second kappa shape index (κ2) is 10.2. The molecule has 4 aromatic rings. The van der Waals surface area contributed by atoms with Crippen molar-refractivity contribution >= 4 is 44.1 Å². The number of aryl methyl sites for hydroxylation is 2. The Balaban J connectivity index is 1.66. The number of carbonyl (C=O) groups excluding carboxylic acids is 2. The Morgan fingerprint density at radius 2 is 1.76 bits per heavy atom. The number of thiazole rings is 1. The maximum atomic E-state index is 13.5. The molecule has 0 radical (unpaired) electrons. The lowest BCUT2D eigenvalue weighted by Gasteiger charge is -2.23. The smallest absolute Gasteiger partial charge is 0.301 e. The fourth-order valence-electron chi connectivity index (χ4n) is 4.46. The number of aromatic nitrogens is 1. The van der Waals surface area contributed by atoms with Gasteiger partial charge in [-0.05, 0) is 55.2 Å². The number of amides is 1. The first-order valence-electron chi connectivity index (χ1n) is 12.4. The molecule has 37 heavy (non-hydrogen) atoms. The zero-order chi connectivity index (χ0) is 26.1. The van der Waals surface area contributed by atoms with Crippen LogP contribution in [-0.4, -0.2) is 28.4 Å². The SMILES string of the molecule is CCCOc1ccc([C@@H]2C(=C(O)c3ccc(C)cc3)C(=O)C(=O)N2c2nc3ccc(CC)cc3s2)cc1. The van der Waals surface area contributed by atoms with Gasteiger partial charge in [-0.15, -0.1) is 0 Å². The Morgan fingerprint density at radius 1 is 1.03 bits per heavy atom. The average Bonchev–Trinajstić information content (AvgIpc) is 3.45. The molecule has 1 aliphatic rings. The molecule has 0 spiro atoms. The van der Waals surface area contributed by atoms with E-state index in [0.29, 0.717) is 28.6 Å². The predicted molar refractivity (Wildman–Crippen MR) is 147 cm³/mol. The third-order valence-corrected chi connectivity index (χ3v) is 7.51. The Hall–Kier alpha value is -3.97. The second-order valence-corrected chi connectivity index (χ2v) is 10.1. The summed E-state index contributed by atoms with van der Waals surface area (Å²) in [6.07, 6.45) is 1.77. The third kappa shape index (κ3) is 4.62. The van der Waals surface area contributed by atoms with Gasteiger partial charge in [0.1, 0.15) is 11.5 Å². The fraction of sp³-hybridized carbons (Fsp3) is 0.233. The summed E-state index contributed by atoms with van der Waals surface area (Å²) in [6.45, 7) is 6.66. The van der Waals surface area contributed by atoms with Crippen molar-refractivity contribution in [1.29, 1.82) is 0 Å². The van der Waals surface area contributed by atoms with Gasteiger partial charge in [-0.2, -0.15) is 0 Å². The standard InChI is InChI=1S/C30H28N2O4S/c1-4-16-36-22-13-11-20(12-14-22)26-25(27(33)21-9-6-18(3)7-10-21)28(34)29(35)32(26)30-31-23-15-8-19(5-2)17-24(23)37-30/h6-15,17,26,33H,4-5,16H2,1-3H3/t26-/m1/s1. The number of hydrogen-bond donors (Lipinski definition) is 1. The van der Waals surface area contributed by atoms with Crippen molar-refractivity contribution < 1.29 is 19.4 Å². The number of carbonyl (C=O) groups is 2. The third-order valence-electron chi connectivity index (χ3n) is 6.49. The molecule has 3 aromatic carbocycles. The Bertz CT molecular complexity index is 1500. The van der Waals surface area contributed by atoms with E-state index >= 15 is 0 Å². The summed E-state index contributed by atoms with van der Waals surface area (Å²) in [5.41, 5.74) is 4.17. The molecule has 0 bridgehead atoms. The van der Waals surface area contributed by atoms with Crippen LogP contribution in [0.15, 0.2) is 72.3 Å². The van der Waals surface area contributed by atoms with Crippen LogP contribution in [-0.2, 0) is 16.0 Å². The average molecular weight is 513 g/mol. The van der Waals surface area contributed by atoms with Gasteiger partial charge in [-0.25, -0.2) is 4.98 Å². The molecule has 1 N–H and O–H groups in total. The van der Waals surface area contributed by atoms with Gasteiger partial charge < -0.3 is 9.84 Å². The van der Waals surface area contributed by atoms with Gasteiger partial charge in [0.15, 0.2) is 5.13 Å². The van der Waals surface area contributed by atoms with Crippen molar-refractivity contribution in [1.82, 2.24) is 4.98 Å². The molecule has 188 valence electrons. The predicted octanol–water partition coefficient (Wildman–Crippen LogP) is 6.58. The number of Topliss-reactive ketones (excluding diaryl/α,β-unsaturated/α-hetero) is 1. The van der Waals surface area contributed by atoms with Crippen molar-refractivity contribution in [2.45, 2.75) is 39.7 Å². The highest BCUT2D eigenvalue weighted by Gasteiger charge is 2.48. The number of anilines is 1. The highest BCUT2D eigenvalue weighted by atomic mass is 32.1. The first kappa shape index (κ1) is 24.7. The number of aliphatic hydroxyl groups excluding tert-OH is 1. The minimum absolute atomic E-state index is 0.0459. The van der Waals surface area contributed by atoms with Gasteiger partial charge in [0, 0.05) is 5.56 Å². The number of rotatable bonds is 7. The van der Waals surface area contributed by atoms with Crippen LogP contribution >= 0.6 is 11.3 Å². The molecule has 1 atom stereocenters. The topological polar surface area (TPSA) is 79.7 Å². The van der Waals surface area contributed by atoms with Crippen molar-refractivity contribution in [3.8, 4) is 5.75 Å². The van der Waals surface area contributed by atoms with Crippen LogP contribution in [0.1, 0.15) is 48.6 Å². The summed E-state index contributed by atoms with van der Waals surface area (Å²) in [5, 5.41) is 11.7. The lowest BCUT2D eigenvalue weighted by atomic mass is 9.95. The molecular weight excluding hydrogens is 484 g/mol. The van der Waals surface area contributed by atoms with E-state index in [0.717, 1.165) is 28.6 Å². The molecule has 1 saturated heterocycles. The molecule has 0 saturated carbocycles. The zero-order valence-electron chi connectivity index (χ0n) is 21.0. The number of aliphatic hydroxyl groups is 1. The first-order valence-corrected chi connectivity index (χ1v) is 13.2. The van der Waals surface area contributed by atoms with E-state index in [1.54, 1.807) is 12.1 Å². The summed E-state index contributed by atoms with van der Waals surface area (Å²) >= 11 is 1.37. The van der Waals surface area contributed by atoms with Crippen LogP contribution in [0.3, 0.4) is 0 Å². The number of ketones is 1. The number of ether oxygens (including phenoxy) is 1. The van der Waals surface area contributed by atoms with Crippen molar-refractivity contribution in [3.05, 3.63) is 94.6 Å². The van der Waals surface area contributed by atoms with Crippen LogP contribution in [0.4, 0.5) is 5.13 Å². The summed E-state index contributed by atoms with van der Waals surface area (Å²) in [4.78, 5) is 33.0. The van der Waals surface area contributed by atoms with E-state index in [4.69, 9.17) is 9.72 Å². The monoisotopic (exact) mass is 512 g/mol. The van der Waals surface area contributed by atoms with Gasteiger partial charge >= 0.3 is 5.91 Å². The minimum Gasteiger partial charge on any atom is -0.507 e. The first-order chi connectivity index (χ1) is 17.9. The largest absolute Gasteiger partial charge is 0.507 e. The summed E-state index contributed by atoms with van der Waals surface area (Å²) in [6, 6.07) is 19.7. The van der Waals surface area contributed by atoms with Crippen LogP contribution in [0.5, 0.6) is 5.75 Å². The molecule has 6 nitrogen and oxygen atoms in total. The molecule has 5 rings (SSSR count). The zero-order valence-corrected chi connectivity index (χ0v) is 21.8. The van der Waals surface area contributed by atoms with E-state index in [2.05, 4.69) is 13.0 Å². The molecule has 0 aliphatic carbocycles. The molecule has 1 fully saturated rings. The minimum atomic E-state index is -0.826. The van der Waals surface area contributed by atoms with Crippen molar-refractivity contribution in [3.63, 3.8) is 0 Å². The summed E-state index contributed by atoms with van der Waals surface area (Å²) in [5.74, 6) is -0.942. The van der Waals surface area contributed by atoms with Gasteiger partial charge in [-0.3, -0.25) is 14.5 Å². The maximum absolute atomic E-state index is 13.5. The number of hydrogen-bond acceptors (Lipinski definition) is 6.